The molecule has 0 radical (unpaired) electrons. The summed E-state index contributed by atoms with van der Waals surface area (Å²) in [6, 6.07) is 8.98. The summed E-state index contributed by atoms with van der Waals surface area (Å²) in [5.74, 6) is 0. The minimum atomic E-state index is 0.356. The maximum atomic E-state index is 3.59. The number of aryl methyl sites for hydroxylation is 2. The third kappa shape index (κ3) is 2.90. The standard InChI is InChI=1S/C14H16BrNS/c1-9-7-12(8-10(2)14(9)15)16-11(3)13-5-4-6-17-13/h4-8,11,16H,1-3H3. The Morgan fingerprint density at radius 3 is 2.41 bits per heavy atom. The summed E-state index contributed by atoms with van der Waals surface area (Å²) in [5.41, 5.74) is 3.72. The number of benzene rings is 1. The van der Waals surface area contributed by atoms with Gasteiger partial charge in [0, 0.05) is 15.0 Å². The summed E-state index contributed by atoms with van der Waals surface area (Å²) in [5, 5.41) is 5.66. The van der Waals surface area contributed by atoms with Gasteiger partial charge in [-0.1, -0.05) is 22.0 Å². The molecule has 90 valence electrons. The lowest BCUT2D eigenvalue weighted by Crippen LogP contribution is -2.05. The molecule has 2 rings (SSSR count). The van der Waals surface area contributed by atoms with Gasteiger partial charge in [0.15, 0.2) is 0 Å². The molecule has 3 heteroatoms. The molecule has 0 fully saturated rings. The average Bonchev–Trinajstić information content (AvgIpc) is 2.79. The van der Waals surface area contributed by atoms with E-state index in [0.717, 1.165) is 0 Å². The van der Waals surface area contributed by atoms with E-state index in [1.807, 2.05) is 0 Å². The Hall–Kier alpha value is -0.800. The quantitative estimate of drug-likeness (QED) is 0.811. The second kappa shape index (κ2) is 5.23. The van der Waals surface area contributed by atoms with Crippen LogP contribution in [0.5, 0.6) is 0 Å². The van der Waals surface area contributed by atoms with Crippen LogP contribution < -0.4 is 5.32 Å². The maximum absolute atomic E-state index is 3.59. The molecule has 1 nitrogen and oxygen atoms in total. The molecule has 2 aromatic rings. The number of hydrogen-bond acceptors (Lipinski definition) is 2. The third-order valence-electron chi connectivity index (χ3n) is 2.79. The van der Waals surface area contributed by atoms with Crippen molar-refractivity contribution in [2.24, 2.45) is 0 Å². The van der Waals surface area contributed by atoms with Gasteiger partial charge in [-0.2, -0.15) is 0 Å². The molecule has 1 atom stereocenters. The van der Waals surface area contributed by atoms with Crippen molar-refractivity contribution in [3.63, 3.8) is 0 Å². The van der Waals surface area contributed by atoms with Crippen LogP contribution in [0.3, 0.4) is 0 Å². The van der Waals surface area contributed by atoms with E-state index in [4.69, 9.17) is 0 Å². The van der Waals surface area contributed by atoms with Gasteiger partial charge in [0.2, 0.25) is 0 Å². The molecular weight excluding hydrogens is 294 g/mol. The van der Waals surface area contributed by atoms with Crippen LogP contribution in [-0.2, 0) is 0 Å². The van der Waals surface area contributed by atoms with E-state index in [2.05, 4.69) is 71.7 Å². The molecule has 1 N–H and O–H groups in total. The second-order valence-electron chi connectivity index (χ2n) is 4.31. The molecule has 0 saturated heterocycles. The van der Waals surface area contributed by atoms with Gasteiger partial charge in [-0.15, -0.1) is 11.3 Å². The fraction of sp³-hybridized carbons (Fsp3) is 0.286. The number of thiophene rings is 1. The zero-order valence-corrected chi connectivity index (χ0v) is 12.7. The van der Waals surface area contributed by atoms with E-state index >= 15 is 0 Å². The Balaban J connectivity index is 2.19. The van der Waals surface area contributed by atoms with Gasteiger partial charge in [-0.05, 0) is 55.5 Å². The molecule has 0 aliphatic rings. The molecule has 17 heavy (non-hydrogen) atoms. The molecule has 1 aromatic heterocycles. The fourth-order valence-corrected chi connectivity index (χ4v) is 2.85. The topological polar surface area (TPSA) is 12.0 Å². The van der Waals surface area contributed by atoms with E-state index in [1.165, 1.54) is 26.2 Å². The minimum Gasteiger partial charge on any atom is -0.378 e. The molecule has 0 bridgehead atoms. The van der Waals surface area contributed by atoms with Crippen molar-refractivity contribution in [3.05, 3.63) is 50.1 Å². The molecule has 1 aromatic carbocycles. The fourth-order valence-electron chi connectivity index (χ4n) is 1.89. The van der Waals surface area contributed by atoms with Crippen molar-refractivity contribution in [1.82, 2.24) is 0 Å². The first-order chi connectivity index (χ1) is 8.08. The van der Waals surface area contributed by atoms with Gasteiger partial charge in [-0.3, -0.25) is 0 Å². The van der Waals surface area contributed by atoms with Crippen molar-refractivity contribution < 1.29 is 0 Å². The highest BCUT2D eigenvalue weighted by Gasteiger charge is 2.08. The zero-order chi connectivity index (χ0) is 12.4. The van der Waals surface area contributed by atoms with Gasteiger partial charge >= 0.3 is 0 Å². The van der Waals surface area contributed by atoms with Crippen LogP contribution in [0.25, 0.3) is 0 Å². The van der Waals surface area contributed by atoms with Gasteiger partial charge in [-0.25, -0.2) is 0 Å². The smallest absolute Gasteiger partial charge is 0.0578 e. The van der Waals surface area contributed by atoms with Crippen LogP contribution in [0.4, 0.5) is 5.69 Å². The molecule has 0 spiro atoms. The number of nitrogens with one attached hydrogen (secondary N) is 1. The van der Waals surface area contributed by atoms with Crippen LogP contribution in [0.15, 0.2) is 34.1 Å². The monoisotopic (exact) mass is 309 g/mol. The Morgan fingerprint density at radius 1 is 1.24 bits per heavy atom. The van der Waals surface area contributed by atoms with Crippen LogP contribution in [-0.4, -0.2) is 0 Å². The van der Waals surface area contributed by atoms with E-state index in [9.17, 15) is 0 Å². The van der Waals surface area contributed by atoms with Crippen LogP contribution in [0.2, 0.25) is 0 Å². The maximum Gasteiger partial charge on any atom is 0.0578 e. The lowest BCUT2D eigenvalue weighted by Gasteiger charge is -2.15. The summed E-state index contributed by atoms with van der Waals surface area (Å²) >= 11 is 5.38. The summed E-state index contributed by atoms with van der Waals surface area (Å²) in [4.78, 5) is 1.36. The first-order valence-corrected chi connectivity index (χ1v) is 7.32. The predicted molar refractivity (Wildman–Crippen MR) is 80.0 cm³/mol. The van der Waals surface area contributed by atoms with Crippen molar-refractivity contribution in [2.75, 3.05) is 5.32 Å². The lowest BCUT2D eigenvalue weighted by atomic mass is 10.1. The van der Waals surface area contributed by atoms with Crippen LogP contribution >= 0.6 is 27.3 Å². The highest BCUT2D eigenvalue weighted by atomic mass is 79.9. The molecule has 0 aliphatic carbocycles. The van der Waals surface area contributed by atoms with Crippen molar-refractivity contribution in [1.29, 1.82) is 0 Å². The first kappa shape index (κ1) is 12.7. The van der Waals surface area contributed by atoms with Crippen LogP contribution in [0, 0.1) is 13.8 Å². The minimum absolute atomic E-state index is 0.356. The van der Waals surface area contributed by atoms with Crippen LogP contribution in [0.1, 0.15) is 29.0 Å². The van der Waals surface area contributed by atoms with E-state index < -0.39 is 0 Å². The number of halogens is 1. The highest BCUT2D eigenvalue weighted by molar-refractivity contribution is 9.10. The SMILES string of the molecule is Cc1cc(NC(C)c2cccs2)cc(C)c1Br. The van der Waals surface area contributed by atoms with Gasteiger partial charge in [0.25, 0.3) is 0 Å². The Kier molecular flexibility index (Phi) is 3.89. The molecule has 0 saturated carbocycles. The molecule has 0 aliphatic heterocycles. The number of rotatable bonds is 3. The van der Waals surface area contributed by atoms with E-state index in [-0.39, 0.29) is 0 Å². The zero-order valence-electron chi connectivity index (χ0n) is 10.3. The molecular formula is C14H16BrNS. The van der Waals surface area contributed by atoms with E-state index in [1.54, 1.807) is 11.3 Å². The van der Waals surface area contributed by atoms with Crippen molar-refractivity contribution in [3.8, 4) is 0 Å². The van der Waals surface area contributed by atoms with Crippen molar-refractivity contribution in [2.45, 2.75) is 26.8 Å². The third-order valence-corrected chi connectivity index (χ3v) is 5.10. The Labute approximate surface area is 115 Å². The highest BCUT2D eigenvalue weighted by Crippen LogP contribution is 2.28. The largest absolute Gasteiger partial charge is 0.378 e. The second-order valence-corrected chi connectivity index (χ2v) is 6.08. The normalized spacial score (nSPS) is 12.5. The molecule has 1 heterocycles. The van der Waals surface area contributed by atoms with Gasteiger partial charge < -0.3 is 5.32 Å². The summed E-state index contributed by atoms with van der Waals surface area (Å²) in [6.07, 6.45) is 0. The number of anilines is 1. The molecule has 1 unspecified atom stereocenters. The average molecular weight is 310 g/mol. The lowest BCUT2D eigenvalue weighted by molar-refractivity contribution is 0.907. The predicted octanol–water partition coefficient (Wildman–Crippen LogP) is 5.30. The molecule has 0 amide bonds. The summed E-state index contributed by atoms with van der Waals surface area (Å²) in [6.45, 7) is 6.44. The Bertz CT molecular complexity index is 482. The van der Waals surface area contributed by atoms with E-state index in [0.29, 0.717) is 6.04 Å². The summed E-state index contributed by atoms with van der Waals surface area (Å²) in [7, 11) is 0. The Morgan fingerprint density at radius 2 is 1.88 bits per heavy atom. The summed E-state index contributed by atoms with van der Waals surface area (Å²) < 4.78 is 1.20. The van der Waals surface area contributed by atoms with Crippen molar-refractivity contribution >= 4 is 33.0 Å². The number of hydrogen-bond donors (Lipinski definition) is 1. The van der Waals surface area contributed by atoms with Gasteiger partial charge in [0.1, 0.15) is 0 Å². The van der Waals surface area contributed by atoms with Gasteiger partial charge in [0.05, 0.1) is 6.04 Å². The first-order valence-electron chi connectivity index (χ1n) is 5.64.